The lowest BCUT2D eigenvalue weighted by Gasteiger charge is -2.10. The lowest BCUT2D eigenvalue weighted by molar-refractivity contribution is -0.138. The Morgan fingerprint density at radius 1 is 1.50 bits per heavy atom. The average Bonchev–Trinajstić information content (AvgIpc) is 2.36. The van der Waals surface area contributed by atoms with Gasteiger partial charge in [0.25, 0.3) is 0 Å². The maximum absolute atomic E-state index is 11.3. The Bertz CT molecular complexity index is 419. The van der Waals surface area contributed by atoms with Crippen molar-refractivity contribution in [2.75, 3.05) is 7.11 Å². The highest BCUT2D eigenvalue weighted by Gasteiger charge is 2.13. The molecule has 18 heavy (non-hydrogen) atoms. The van der Waals surface area contributed by atoms with E-state index in [9.17, 15) is 9.59 Å². The number of ether oxygens (including phenoxy) is 1. The summed E-state index contributed by atoms with van der Waals surface area (Å²) < 4.78 is 4.90. The molecule has 0 saturated heterocycles. The van der Waals surface area contributed by atoms with E-state index < -0.39 is 18.0 Å². The van der Waals surface area contributed by atoms with E-state index in [1.54, 1.807) is 18.3 Å². The predicted octanol–water partition coefficient (Wildman–Crippen LogP) is 0.362. The first-order chi connectivity index (χ1) is 8.52. The van der Waals surface area contributed by atoms with Crippen LogP contribution >= 0.6 is 0 Å². The topological polar surface area (TPSA) is 101 Å². The van der Waals surface area contributed by atoms with E-state index in [1.807, 2.05) is 0 Å². The third-order valence-corrected chi connectivity index (χ3v) is 2.18. The summed E-state index contributed by atoms with van der Waals surface area (Å²) in [6.45, 7) is 1.64. The molecule has 0 aliphatic carbocycles. The first kappa shape index (κ1) is 13.8. The molecule has 0 aliphatic heterocycles. The summed E-state index contributed by atoms with van der Waals surface area (Å²) in [5.74, 6) is -0.598. The first-order valence-corrected chi connectivity index (χ1v) is 5.29. The highest BCUT2D eigenvalue weighted by Crippen LogP contribution is 2.05. The SMILES string of the molecule is COc1ccc(CNC(=O)NC(C)C(=O)O)cn1. The maximum atomic E-state index is 11.3. The van der Waals surface area contributed by atoms with Crippen LogP contribution in [0.25, 0.3) is 0 Å². The van der Waals surface area contributed by atoms with E-state index in [4.69, 9.17) is 9.84 Å². The average molecular weight is 253 g/mol. The minimum absolute atomic E-state index is 0.259. The lowest BCUT2D eigenvalue weighted by Crippen LogP contribution is -2.44. The number of carboxylic acid groups (broad SMARTS) is 1. The van der Waals surface area contributed by atoms with Crippen molar-refractivity contribution in [1.82, 2.24) is 15.6 Å². The van der Waals surface area contributed by atoms with E-state index in [1.165, 1.54) is 14.0 Å². The minimum atomic E-state index is -1.09. The Kier molecular flexibility index (Phi) is 4.91. The number of rotatable bonds is 5. The third-order valence-electron chi connectivity index (χ3n) is 2.18. The normalized spacial score (nSPS) is 11.4. The summed E-state index contributed by atoms with van der Waals surface area (Å²) in [5, 5.41) is 13.4. The van der Waals surface area contributed by atoms with Crippen molar-refractivity contribution in [1.29, 1.82) is 0 Å². The number of aliphatic carboxylic acids is 1. The summed E-state index contributed by atoms with van der Waals surface area (Å²) in [6, 6.07) is 1.96. The van der Waals surface area contributed by atoms with E-state index in [2.05, 4.69) is 15.6 Å². The second-order valence-corrected chi connectivity index (χ2v) is 3.60. The zero-order valence-electron chi connectivity index (χ0n) is 10.1. The number of nitrogens with one attached hydrogen (secondary N) is 2. The van der Waals surface area contributed by atoms with Gasteiger partial charge in [0.15, 0.2) is 0 Å². The minimum Gasteiger partial charge on any atom is -0.481 e. The summed E-state index contributed by atoms with van der Waals surface area (Å²) in [7, 11) is 1.51. The first-order valence-electron chi connectivity index (χ1n) is 5.29. The molecule has 1 aromatic heterocycles. The Labute approximate surface area is 104 Å². The van der Waals surface area contributed by atoms with Gasteiger partial charge in [-0.2, -0.15) is 0 Å². The number of carbonyl (C=O) groups excluding carboxylic acids is 1. The molecular weight excluding hydrogens is 238 g/mol. The molecule has 0 spiro atoms. The molecule has 1 unspecified atom stereocenters. The second-order valence-electron chi connectivity index (χ2n) is 3.60. The number of urea groups is 1. The lowest BCUT2D eigenvalue weighted by atomic mass is 10.3. The van der Waals surface area contributed by atoms with Crippen LogP contribution in [0.15, 0.2) is 18.3 Å². The van der Waals surface area contributed by atoms with Gasteiger partial charge in [0.2, 0.25) is 5.88 Å². The molecule has 0 aliphatic rings. The summed E-state index contributed by atoms with van der Waals surface area (Å²) in [5.41, 5.74) is 0.786. The fraction of sp³-hybridized carbons (Fsp3) is 0.364. The van der Waals surface area contributed by atoms with Gasteiger partial charge in [-0.1, -0.05) is 6.07 Å². The van der Waals surface area contributed by atoms with Crippen LogP contribution < -0.4 is 15.4 Å². The van der Waals surface area contributed by atoms with Gasteiger partial charge in [-0.15, -0.1) is 0 Å². The fourth-order valence-electron chi connectivity index (χ4n) is 1.13. The van der Waals surface area contributed by atoms with Gasteiger partial charge in [0.1, 0.15) is 6.04 Å². The molecule has 1 rings (SSSR count). The fourth-order valence-corrected chi connectivity index (χ4v) is 1.13. The zero-order valence-corrected chi connectivity index (χ0v) is 10.1. The van der Waals surface area contributed by atoms with Crippen LogP contribution in [-0.2, 0) is 11.3 Å². The van der Waals surface area contributed by atoms with Crippen LogP contribution in [0.5, 0.6) is 5.88 Å². The summed E-state index contributed by atoms with van der Waals surface area (Å²) >= 11 is 0. The van der Waals surface area contributed by atoms with Crippen molar-refractivity contribution in [2.45, 2.75) is 19.5 Å². The van der Waals surface area contributed by atoms with Gasteiger partial charge < -0.3 is 20.5 Å². The van der Waals surface area contributed by atoms with Gasteiger partial charge in [0.05, 0.1) is 7.11 Å². The molecule has 3 N–H and O–H groups in total. The number of methoxy groups -OCH3 is 1. The molecule has 1 aromatic rings. The quantitative estimate of drug-likeness (QED) is 0.703. The van der Waals surface area contributed by atoms with E-state index in [0.29, 0.717) is 5.88 Å². The molecule has 7 heteroatoms. The number of aromatic nitrogens is 1. The Hall–Kier alpha value is -2.31. The van der Waals surface area contributed by atoms with Gasteiger partial charge in [-0.3, -0.25) is 4.79 Å². The van der Waals surface area contributed by atoms with E-state index in [-0.39, 0.29) is 6.54 Å². The molecule has 2 amide bonds. The summed E-state index contributed by atoms with van der Waals surface area (Å²) in [6.07, 6.45) is 1.57. The maximum Gasteiger partial charge on any atom is 0.325 e. The number of carbonyl (C=O) groups is 2. The third kappa shape index (κ3) is 4.28. The van der Waals surface area contributed by atoms with Crippen molar-refractivity contribution < 1.29 is 19.4 Å². The molecule has 0 aromatic carbocycles. The largest absolute Gasteiger partial charge is 0.481 e. The van der Waals surface area contributed by atoms with Gasteiger partial charge in [-0.05, 0) is 12.5 Å². The smallest absolute Gasteiger partial charge is 0.325 e. The van der Waals surface area contributed by atoms with Crippen LogP contribution in [0.1, 0.15) is 12.5 Å². The number of hydrogen-bond acceptors (Lipinski definition) is 4. The number of pyridine rings is 1. The van der Waals surface area contributed by atoms with E-state index in [0.717, 1.165) is 5.56 Å². The molecule has 98 valence electrons. The molecule has 7 nitrogen and oxygen atoms in total. The van der Waals surface area contributed by atoms with Crippen molar-refractivity contribution >= 4 is 12.0 Å². The summed E-state index contributed by atoms with van der Waals surface area (Å²) in [4.78, 5) is 25.8. The Morgan fingerprint density at radius 2 is 2.22 bits per heavy atom. The van der Waals surface area contributed by atoms with Crippen molar-refractivity contribution in [3.8, 4) is 5.88 Å². The van der Waals surface area contributed by atoms with Gasteiger partial charge in [0, 0.05) is 18.8 Å². The molecular formula is C11H15N3O4. The van der Waals surface area contributed by atoms with Crippen LogP contribution in [0.3, 0.4) is 0 Å². The van der Waals surface area contributed by atoms with Crippen LogP contribution in [0.2, 0.25) is 0 Å². The number of amides is 2. The highest BCUT2D eigenvalue weighted by molar-refractivity contribution is 5.82. The number of carboxylic acids is 1. The Morgan fingerprint density at radius 3 is 2.72 bits per heavy atom. The highest BCUT2D eigenvalue weighted by atomic mass is 16.5. The van der Waals surface area contributed by atoms with Crippen LogP contribution in [-0.4, -0.2) is 35.2 Å². The molecule has 0 saturated carbocycles. The van der Waals surface area contributed by atoms with Gasteiger partial charge >= 0.3 is 12.0 Å². The van der Waals surface area contributed by atoms with E-state index >= 15 is 0 Å². The molecule has 0 fully saturated rings. The molecule has 0 radical (unpaired) electrons. The molecule has 1 heterocycles. The van der Waals surface area contributed by atoms with Crippen LogP contribution in [0, 0.1) is 0 Å². The molecule has 1 atom stereocenters. The van der Waals surface area contributed by atoms with Crippen molar-refractivity contribution in [3.63, 3.8) is 0 Å². The van der Waals surface area contributed by atoms with Crippen molar-refractivity contribution in [3.05, 3.63) is 23.9 Å². The predicted molar refractivity (Wildman–Crippen MR) is 63.3 cm³/mol. The van der Waals surface area contributed by atoms with Gasteiger partial charge in [-0.25, -0.2) is 9.78 Å². The monoisotopic (exact) mass is 253 g/mol. The Balaban J connectivity index is 2.40. The zero-order chi connectivity index (χ0) is 13.5. The second kappa shape index (κ2) is 6.43. The number of hydrogen-bond donors (Lipinski definition) is 3. The number of nitrogens with zero attached hydrogens (tertiary/aromatic N) is 1. The van der Waals surface area contributed by atoms with Crippen LogP contribution in [0.4, 0.5) is 4.79 Å². The molecule has 0 bridgehead atoms. The standard InChI is InChI=1S/C11H15N3O4/c1-7(10(15)16)14-11(17)13-6-8-3-4-9(18-2)12-5-8/h3-5,7H,6H2,1-2H3,(H,15,16)(H2,13,14,17). The van der Waals surface area contributed by atoms with Crippen molar-refractivity contribution in [2.24, 2.45) is 0 Å².